The van der Waals surface area contributed by atoms with Gasteiger partial charge in [0.1, 0.15) is 0 Å². The molecule has 1 aromatic heterocycles. The summed E-state index contributed by atoms with van der Waals surface area (Å²) in [5, 5.41) is 10.8. The maximum Gasteiger partial charge on any atom is 0.255 e. The number of fused-ring (bicyclic) bond motifs is 1. The predicted octanol–water partition coefficient (Wildman–Crippen LogP) is 3.60. The average Bonchev–Trinajstić information content (AvgIpc) is 3.05. The average molecular weight is 346 g/mol. The van der Waals surface area contributed by atoms with Gasteiger partial charge in [-0.15, -0.1) is 6.58 Å². The highest BCUT2D eigenvalue weighted by atomic mass is 16.2. The first kappa shape index (κ1) is 17.2. The molecule has 6 heteroatoms. The van der Waals surface area contributed by atoms with Gasteiger partial charge < -0.3 is 10.6 Å². The highest BCUT2D eigenvalue weighted by Crippen LogP contribution is 2.20. The normalized spacial score (nSPS) is 10.3. The number of nitrogens with zero attached hydrogens (tertiary/aromatic N) is 2. The van der Waals surface area contributed by atoms with E-state index < -0.39 is 0 Å². The Bertz CT molecular complexity index is 987. The summed E-state index contributed by atoms with van der Waals surface area (Å²) in [6.45, 7) is 7.71. The number of hydrogen-bond donors (Lipinski definition) is 2. The molecular formula is C20H18N4O2. The Morgan fingerprint density at radius 2 is 1.77 bits per heavy atom. The van der Waals surface area contributed by atoms with E-state index in [1.165, 1.54) is 6.08 Å². The number of carbonyl (C=O) groups is 2. The Morgan fingerprint density at radius 1 is 1.04 bits per heavy atom. The summed E-state index contributed by atoms with van der Waals surface area (Å²) < 4.78 is 1.81. The molecular weight excluding hydrogens is 328 g/mol. The number of carbonyl (C=O) groups excluding carboxylic acids is 2. The second kappa shape index (κ2) is 7.48. The molecule has 0 saturated carbocycles. The van der Waals surface area contributed by atoms with Crippen LogP contribution in [0.25, 0.3) is 10.9 Å². The number of amides is 2. The second-order valence-electron chi connectivity index (χ2n) is 5.61. The number of nitrogens with one attached hydrogen (secondary N) is 2. The Morgan fingerprint density at radius 3 is 2.46 bits per heavy atom. The standard InChI is InChI=1S/C20H18N4O2/c1-3-11-24-18-12-17(10-7-15(18)13-21-24)23-20(26)14-5-8-16(9-6-14)22-19(25)4-2/h3-10,12-13H,1-2,11H2,(H,22,25)(H,23,26). The second-order valence-corrected chi connectivity index (χ2v) is 5.61. The van der Waals surface area contributed by atoms with Gasteiger partial charge in [0.05, 0.1) is 18.3 Å². The van der Waals surface area contributed by atoms with Gasteiger partial charge in [0.15, 0.2) is 0 Å². The lowest BCUT2D eigenvalue weighted by atomic mass is 10.1. The van der Waals surface area contributed by atoms with Crippen molar-refractivity contribution in [1.29, 1.82) is 0 Å². The molecule has 1 heterocycles. The van der Waals surface area contributed by atoms with Crippen molar-refractivity contribution in [2.45, 2.75) is 6.54 Å². The summed E-state index contributed by atoms with van der Waals surface area (Å²) in [6.07, 6.45) is 4.74. The smallest absolute Gasteiger partial charge is 0.255 e. The number of anilines is 2. The van der Waals surface area contributed by atoms with Crippen molar-refractivity contribution in [3.8, 4) is 0 Å². The zero-order chi connectivity index (χ0) is 18.5. The molecule has 0 aliphatic carbocycles. The predicted molar refractivity (Wildman–Crippen MR) is 103 cm³/mol. The fraction of sp³-hybridized carbons (Fsp3) is 0.0500. The first-order valence-electron chi connectivity index (χ1n) is 8.02. The number of benzene rings is 2. The van der Waals surface area contributed by atoms with E-state index in [1.54, 1.807) is 36.5 Å². The van der Waals surface area contributed by atoms with Gasteiger partial charge in [0.2, 0.25) is 5.91 Å². The van der Waals surface area contributed by atoms with Crippen LogP contribution in [0.15, 0.2) is 74.0 Å². The van der Waals surface area contributed by atoms with E-state index in [-0.39, 0.29) is 11.8 Å². The summed E-state index contributed by atoms with van der Waals surface area (Å²) in [5.41, 5.74) is 2.69. The van der Waals surface area contributed by atoms with Crippen LogP contribution in [0.4, 0.5) is 11.4 Å². The van der Waals surface area contributed by atoms with Crippen LogP contribution in [0.1, 0.15) is 10.4 Å². The van der Waals surface area contributed by atoms with Crippen LogP contribution in [-0.2, 0) is 11.3 Å². The van der Waals surface area contributed by atoms with Gasteiger partial charge in [0.25, 0.3) is 5.91 Å². The maximum absolute atomic E-state index is 12.4. The van der Waals surface area contributed by atoms with Crippen molar-refractivity contribution in [2.75, 3.05) is 10.6 Å². The number of aromatic nitrogens is 2. The Labute approximate surface area is 150 Å². The molecule has 2 N–H and O–H groups in total. The number of allylic oxidation sites excluding steroid dienone is 1. The van der Waals surface area contributed by atoms with E-state index in [9.17, 15) is 9.59 Å². The van der Waals surface area contributed by atoms with Crippen molar-refractivity contribution in [3.05, 3.63) is 79.5 Å². The molecule has 26 heavy (non-hydrogen) atoms. The molecule has 3 aromatic rings. The summed E-state index contributed by atoms with van der Waals surface area (Å²) in [6, 6.07) is 12.2. The van der Waals surface area contributed by atoms with E-state index in [0.29, 0.717) is 23.5 Å². The number of hydrogen-bond acceptors (Lipinski definition) is 3. The van der Waals surface area contributed by atoms with E-state index >= 15 is 0 Å². The molecule has 3 rings (SSSR count). The monoisotopic (exact) mass is 346 g/mol. The van der Waals surface area contributed by atoms with Crippen LogP contribution in [0, 0.1) is 0 Å². The van der Waals surface area contributed by atoms with Gasteiger partial charge in [-0.2, -0.15) is 5.10 Å². The molecule has 2 amide bonds. The highest BCUT2D eigenvalue weighted by molar-refractivity contribution is 6.05. The summed E-state index contributed by atoms with van der Waals surface area (Å²) in [5.74, 6) is -0.535. The summed E-state index contributed by atoms with van der Waals surface area (Å²) >= 11 is 0. The van der Waals surface area contributed by atoms with Crippen LogP contribution in [0.2, 0.25) is 0 Å². The highest BCUT2D eigenvalue weighted by Gasteiger charge is 2.09. The zero-order valence-corrected chi connectivity index (χ0v) is 14.1. The third kappa shape index (κ3) is 3.70. The van der Waals surface area contributed by atoms with Gasteiger partial charge in [-0.25, -0.2) is 0 Å². The number of rotatable bonds is 6. The van der Waals surface area contributed by atoms with Gasteiger partial charge in [0, 0.05) is 22.3 Å². The lowest BCUT2D eigenvalue weighted by Gasteiger charge is -2.08. The molecule has 6 nitrogen and oxygen atoms in total. The lowest BCUT2D eigenvalue weighted by molar-refractivity contribution is -0.111. The Balaban J connectivity index is 1.75. The molecule has 2 aromatic carbocycles. The van der Waals surface area contributed by atoms with Crippen LogP contribution in [0.5, 0.6) is 0 Å². The van der Waals surface area contributed by atoms with Gasteiger partial charge in [-0.3, -0.25) is 14.3 Å². The zero-order valence-electron chi connectivity index (χ0n) is 14.1. The van der Waals surface area contributed by atoms with Crippen molar-refractivity contribution < 1.29 is 9.59 Å². The third-order valence-corrected chi connectivity index (χ3v) is 3.80. The molecule has 0 spiro atoms. The fourth-order valence-corrected chi connectivity index (χ4v) is 2.52. The molecule has 0 atom stereocenters. The van der Waals surface area contributed by atoms with Gasteiger partial charge in [-0.05, 0) is 48.5 Å². The maximum atomic E-state index is 12.4. The minimum absolute atomic E-state index is 0.235. The summed E-state index contributed by atoms with van der Waals surface area (Å²) in [4.78, 5) is 23.7. The summed E-state index contributed by atoms with van der Waals surface area (Å²) in [7, 11) is 0. The lowest BCUT2D eigenvalue weighted by Crippen LogP contribution is -2.12. The third-order valence-electron chi connectivity index (χ3n) is 3.80. The molecule has 130 valence electrons. The van der Waals surface area contributed by atoms with E-state index in [4.69, 9.17) is 0 Å². The van der Waals surface area contributed by atoms with Crippen LogP contribution in [-0.4, -0.2) is 21.6 Å². The molecule has 0 bridgehead atoms. The fourth-order valence-electron chi connectivity index (χ4n) is 2.52. The molecule has 0 aliphatic rings. The minimum atomic E-state index is -0.299. The van der Waals surface area contributed by atoms with E-state index in [2.05, 4.69) is 28.9 Å². The van der Waals surface area contributed by atoms with Crippen molar-refractivity contribution in [2.24, 2.45) is 0 Å². The SMILES string of the molecule is C=CCn1ncc2ccc(NC(=O)c3ccc(NC(=O)C=C)cc3)cc21. The Hall–Kier alpha value is -3.67. The largest absolute Gasteiger partial charge is 0.323 e. The molecule has 0 radical (unpaired) electrons. The first-order valence-corrected chi connectivity index (χ1v) is 8.02. The van der Waals surface area contributed by atoms with Gasteiger partial charge in [-0.1, -0.05) is 12.7 Å². The topological polar surface area (TPSA) is 76.0 Å². The van der Waals surface area contributed by atoms with Crippen LogP contribution >= 0.6 is 0 Å². The minimum Gasteiger partial charge on any atom is -0.323 e. The van der Waals surface area contributed by atoms with Crippen molar-refractivity contribution in [1.82, 2.24) is 9.78 Å². The molecule has 0 fully saturated rings. The van der Waals surface area contributed by atoms with Crippen LogP contribution < -0.4 is 10.6 Å². The van der Waals surface area contributed by atoms with Crippen molar-refractivity contribution in [3.63, 3.8) is 0 Å². The first-order chi connectivity index (χ1) is 12.6. The molecule has 0 aliphatic heterocycles. The molecule has 0 unspecified atom stereocenters. The van der Waals surface area contributed by atoms with Crippen LogP contribution in [0.3, 0.4) is 0 Å². The Kier molecular flexibility index (Phi) is 4.94. The quantitative estimate of drug-likeness (QED) is 0.529. The van der Waals surface area contributed by atoms with E-state index in [1.807, 2.05) is 22.9 Å². The molecule has 0 saturated heterocycles. The van der Waals surface area contributed by atoms with Crippen molar-refractivity contribution >= 4 is 34.1 Å². The van der Waals surface area contributed by atoms with E-state index in [0.717, 1.165) is 10.9 Å². The van der Waals surface area contributed by atoms with Gasteiger partial charge >= 0.3 is 0 Å².